The van der Waals surface area contributed by atoms with Gasteiger partial charge < -0.3 is 4.90 Å². The first kappa shape index (κ1) is 15.0. The predicted molar refractivity (Wildman–Crippen MR) is 77.9 cm³/mol. The Morgan fingerprint density at radius 2 is 2.05 bits per heavy atom. The maximum atomic E-state index is 12.5. The van der Waals surface area contributed by atoms with Crippen molar-refractivity contribution in [2.24, 2.45) is 5.14 Å². The van der Waals surface area contributed by atoms with E-state index in [4.69, 9.17) is 5.14 Å². The summed E-state index contributed by atoms with van der Waals surface area (Å²) in [5, 5.41) is 4.55. The number of carbonyl (C=O) groups is 1. The molecular formula is C14H20N2O3S. The van der Waals surface area contributed by atoms with Crippen molar-refractivity contribution in [3.63, 3.8) is 0 Å². The van der Waals surface area contributed by atoms with E-state index in [0.717, 1.165) is 11.1 Å². The van der Waals surface area contributed by atoms with Gasteiger partial charge in [-0.3, -0.25) is 4.79 Å². The molecule has 1 heterocycles. The van der Waals surface area contributed by atoms with E-state index in [0.29, 0.717) is 24.9 Å². The van der Waals surface area contributed by atoms with Crippen molar-refractivity contribution in [3.05, 3.63) is 34.9 Å². The fourth-order valence-corrected chi connectivity index (χ4v) is 3.41. The molecule has 0 spiro atoms. The van der Waals surface area contributed by atoms with Crippen LogP contribution in [0.5, 0.6) is 0 Å². The summed E-state index contributed by atoms with van der Waals surface area (Å²) in [5.74, 6) is -0.112. The van der Waals surface area contributed by atoms with Gasteiger partial charge in [0.15, 0.2) is 0 Å². The minimum Gasteiger partial charge on any atom is -0.337 e. The summed E-state index contributed by atoms with van der Waals surface area (Å²) in [6.07, 6.45) is 1.19. The van der Waals surface area contributed by atoms with Gasteiger partial charge in [-0.15, -0.1) is 0 Å². The first-order chi connectivity index (χ1) is 9.29. The molecule has 1 saturated heterocycles. The van der Waals surface area contributed by atoms with Crippen molar-refractivity contribution in [2.75, 3.05) is 13.1 Å². The molecule has 1 aromatic rings. The lowest BCUT2D eigenvalue weighted by Crippen LogP contribution is -2.47. The molecule has 110 valence electrons. The minimum absolute atomic E-state index is 0.112. The Balaban J connectivity index is 2.23. The second-order valence-electron chi connectivity index (χ2n) is 5.42. The van der Waals surface area contributed by atoms with Gasteiger partial charge in [-0.25, -0.2) is 13.6 Å². The SMILES string of the molecule is Cc1ccc(C)c(C(=O)N2CCCC(S(N)(=O)=O)C2)c1. The molecule has 0 saturated carbocycles. The molecule has 2 N–H and O–H groups in total. The molecule has 5 nitrogen and oxygen atoms in total. The zero-order valence-electron chi connectivity index (χ0n) is 11.8. The lowest BCUT2D eigenvalue weighted by molar-refractivity contribution is 0.0726. The number of nitrogens with two attached hydrogens (primary N) is 1. The maximum Gasteiger partial charge on any atom is 0.254 e. The molecular weight excluding hydrogens is 276 g/mol. The predicted octanol–water partition coefficient (Wildman–Crippen LogP) is 1.20. The van der Waals surface area contributed by atoms with Gasteiger partial charge in [0, 0.05) is 18.7 Å². The Bertz CT molecular complexity index is 625. The summed E-state index contributed by atoms with van der Waals surface area (Å²) in [4.78, 5) is 14.1. The second kappa shape index (κ2) is 5.54. The molecule has 1 unspecified atom stereocenters. The molecule has 1 atom stereocenters. The Hall–Kier alpha value is -1.40. The van der Waals surface area contributed by atoms with Crippen molar-refractivity contribution in [1.82, 2.24) is 4.90 Å². The third kappa shape index (κ3) is 3.19. The van der Waals surface area contributed by atoms with Crippen LogP contribution in [-0.4, -0.2) is 37.6 Å². The highest BCUT2D eigenvalue weighted by atomic mass is 32.2. The summed E-state index contributed by atoms with van der Waals surface area (Å²) >= 11 is 0. The van der Waals surface area contributed by atoms with Gasteiger partial charge in [-0.05, 0) is 38.3 Å². The number of rotatable bonds is 2. The molecule has 2 rings (SSSR count). The lowest BCUT2D eigenvalue weighted by atomic mass is 10.0. The Kier molecular flexibility index (Phi) is 4.15. The van der Waals surface area contributed by atoms with E-state index in [1.54, 1.807) is 4.90 Å². The number of carbonyl (C=O) groups excluding carboxylic acids is 1. The number of hydrogen-bond acceptors (Lipinski definition) is 3. The van der Waals surface area contributed by atoms with Crippen LogP contribution in [0.3, 0.4) is 0 Å². The molecule has 1 aliphatic rings. The summed E-state index contributed by atoms with van der Waals surface area (Å²) in [5.41, 5.74) is 2.55. The highest BCUT2D eigenvalue weighted by molar-refractivity contribution is 7.89. The quantitative estimate of drug-likeness (QED) is 0.890. The van der Waals surface area contributed by atoms with Crippen LogP contribution < -0.4 is 5.14 Å². The number of aryl methyl sites for hydroxylation is 2. The monoisotopic (exact) mass is 296 g/mol. The molecule has 0 radical (unpaired) electrons. The van der Waals surface area contributed by atoms with Crippen LogP contribution in [0.2, 0.25) is 0 Å². The average molecular weight is 296 g/mol. The second-order valence-corrected chi connectivity index (χ2v) is 7.27. The van der Waals surface area contributed by atoms with E-state index >= 15 is 0 Å². The van der Waals surface area contributed by atoms with Gasteiger partial charge in [0.05, 0.1) is 5.25 Å². The highest BCUT2D eigenvalue weighted by Gasteiger charge is 2.31. The summed E-state index contributed by atoms with van der Waals surface area (Å²) in [6, 6.07) is 5.71. The first-order valence-electron chi connectivity index (χ1n) is 6.67. The molecule has 1 aliphatic heterocycles. The Morgan fingerprint density at radius 1 is 1.35 bits per heavy atom. The number of primary sulfonamides is 1. The molecule has 1 amide bonds. The van der Waals surface area contributed by atoms with Crippen molar-refractivity contribution in [3.8, 4) is 0 Å². The molecule has 1 fully saturated rings. The lowest BCUT2D eigenvalue weighted by Gasteiger charge is -2.32. The van der Waals surface area contributed by atoms with Crippen molar-refractivity contribution >= 4 is 15.9 Å². The van der Waals surface area contributed by atoms with Gasteiger partial charge in [0.2, 0.25) is 10.0 Å². The smallest absolute Gasteiger partial charge is 0.254 e. The van der Waals surface area contributed by atoms with E-state index in [-0.39, 0.29) is 12.5 Å². The zero-order valence-corrected chi connectivity index (χ0v) is 12.6. The van der Waals surface area contributed by atoms with Crippen molar-refractivity contribution < 1.29 is 13.2 Å². The molecule has 6 heteroatoms. The van der Waals surface area contributed by atoms with Crippen LogP contribution in [0, 0.1) is 13.8 Å². The number of benzene rings is 1. The molecule has 1 aromatic carbocycles. The van der Waals surface area contributed by atoms with Crippen LogP contribution in [0.4, 0.5) is 0 Å². The number of likely N-dealkylation sites (tertiary alicyclic amines) is 1. The highest BCUT2D eigenvalue weighted by Crippen LogP contribution is 2.20. The van der Waals surface area contributed by atoms with Gasteiger partial charge in [-0.2, -0.15) is 0 Å². The van der Waals surface area contributed by atoms with E-state index in [2.05, 4.69) is 0 Å². The van der Waals surface area contributed by atoms with Gasteiger partial charge in [0.1, 0.15) is 0 Å². The van der Waals surface area contributed by atoms with E-state index in [1.165, 1.54) is 0 Å². The van der Waals surface area contributed by atoms with E-state index in [9.17, 15) is 13.2 Å². The van der Waals surface area contributed by atoms with Crippen LogP contribution in [-0.2, 0) is 10.0 Å². The fourth-order valence-electron chi connectivity index (χ4n) is 2.53. The number of amides is 1. The molecule has 0 aromatic heterocycles. The van der Waals surface area contributed by atoms with Crippen molar-refractivity contribution in [1.29, 1.82) is 0 Å². The van der Waals surface area contributed by atoms with Crippen LogP contribution >= 0.6 is 0 Å². The van der Waals surface area contributed by atoms with Gasteiger partial charge in [0.25, 0.3) is 5.91 Å². The molecule has 0 aliphatic carbocycles. The standard InChI is InChI=1S/C14H20N2O3S/c1-10-5-6-11(2)13(8-10)14(17)16-7-3-4-12(9-16)20(15,18)19/h5-6,8,12H,3-4,7,9H2,1-2H3,(H2,15,18,19). The first-order valence-corrected chi connectivity index (χ1v) is 8.28. The summed E-state index contributed by atoms with van der Waals surface area (Å²) < 4.78 is 22.9. The largest absolute Gasteiger partial charge is 0.337 e. The zero-order chi connectivity index (χ0) is 14.9. The van der Waals surface area contributed by atoms with Crippen LogP contribution in [0.15, 0.2) is 18.2 Å². The molecule has 0 bridgehead atoms. The maximum absolute atomic E-state index is 12.5. The van der Waals surface area contributed by atoms with Crippen LogP contribution in [0.25, 0.3) is 0 Å². The average Bonchev–Trinajstić information content (AvgIpc) is 2.40. The fraction of sp³-hybridized carbons (Fsp3) is 0.500. The number of hydrogen-bond donors (Lipinski definition) is 1. The minimum atomic E-state index is -3.59. The van der Waals surface area contributed by atoms with E-state index < -0.39 is 15.3 Å². The van der Waals surface area contributed by atoms with Gasteiger partial charge >= 0.3 is 0 Å². The van der Waals surface area contributed by atoms with Crippen LogP contribution in [0.1, 0.15) is 34.3 Å². The van der Waals surface area contributed by atoms with Crippen molar-refractivity contribution in [2.45, 2.75) is 31.9 Å². The normalized spacial score (nSPS) is 19.9. The third-order valence-corrected chi connectivity index (χ3v) is 5.07. The number of piperidine rings is 1. The molecule has 20 heavy (non-hydrogen) atoms. The number of nitrogens with zero attached hydrogens (tertiary/aromatic N) is 1. The van der Waals surface area contributed by atoms with Gasteiger partial charge in [-0.1, -0.05) is 17.7 Å². The summed E-state index contributed by atoms with van der Waals surface area (Å²) in [6.45, 7) is 4.58. The van der Waals surface area contributed by atoms with E-state index in [1.807, 2.05) is 32.0 Å². The Morgan fingerprint density at radius 3 is 2.70 bits per heavy atom. The number of sulfonamides is 1. The topological polar surface area (TPSA) is 80.5 Å². The third-order valence-electron chi connectivity index (χ3n) is 3.75. The summed E-state index contributed by atoms with van der Waals surface area (Å²) in [7, 11) is -3.59. The Labute approximate surface area is 119 Å².